The molecule has 0 bridgehead atoms. The van der Waals surface area contributed by atoms with Crippen LogP contribution in [-0.2, 0) is 23.9 Å². The van der Waals surface area contributed by atoms with Crippen molar-refractivity contribution in [2.45, 2.75) is 33.1 Å². The molecule has 1 aliphatic heterocycles. The van der Waals surface area contributed by atoms with Gasteiger partial charge in [0.1, 0.15) is 5.92 Å². The Morgan fingerprint density at radius 3 is 2.70 bits per heavy atom. The Hall–Kier alpha value is -2.41. The van der Waals surface area contributed by atoms with Crippen molar-refractivity contribution in [2.24, 2.45) is 11.8 Å². The lowest BCUT2D eigenvalue weighted by molar-refractivity contribution is -0.151. The Kier molecular flexibility index (Phi) is 5.51. The molecule has 144 valence electrons. The number of hydrogen-bond acceptors (Lipinski definition) is 7. The van der Waals surface area contributed by atoms with Crippen LogP contribution in [0, 0.1) is 11.8 Å². The molecule has 1 aliphatic carbocycles. The molecule has 0 radical (unpaired) electrons. The number of carbonyl (C=O) groups is 3. The number of methoxy groups -OCH3 is 1. The van der Waals surface area contributed by atoms with Crippen molar-refractivity contribution in [3.05, 3.63) is 44.9 Å². The number of thiophene rings is 1. The number of ether oxygens (including phenoxy) is 2. The van der Waals surface area contributed by atoms with E-state index in [2.05, 4.69) is 5.32 Å². The van der Waals surface area contributed by atoms with E-state index in [0.29, 0.717) is 23.3 Å². The Morgan fingerprint density at radius 2 is 2.11 bits per heavy atom. The fourth-order valence-corrected chi connectivity index (χ4v) is 4.74. The van der Waals surface area contributed by atoms with Gasteiger partial charge in [-0.1, -0.05) is 13.0 Å². The lowest BCUT2D eigenvalue weighted by atomic mass is 9.70. The van der Waals surface area contributed by atoms with Gasteiger partial charge in [-0.25, -0.2) is 4.79 Å². The largest absolute Gasteiger partial charge is 0.468 e. The Balaban J connectivity index is 2.14. The molecule has 7 heteroatoms. The third kappa shape index (κ3) is 3.32. The van der Waals surface area contributed by atoms with Crippen LogP contribution in [0.2, 0.25) is 0 Å². The van der Waals surface area contributed by atoms with Crippen LogP contribution in [0.1, 0.15) is 38.0 Å². The maximum atomic E-state index is 13.3. The number of ketones is 1. The Labute approximate surface area is 162 Å². The van der Waals surface area contributed by atoms with Crippen LogP contribution in [0.25, 0.3) is 0 Å². The number of dihydropyridines is 1. The van der Waals surface area contributed by atoms with Crippen molar-refractivity contribution >= 4 is 29.1 Å². The smallest absolute Gasteiger partial charge is 0.336 e. The Morgan fingerprint density at radius 1 is 1.37 bits per heavy atom. The molecule has 0 unspecified atom stereocenters. The second kappa shape index (κ2) is 7.68. The van der Waals surface area contributed by atoms with Gasteiger partial charge in [0.25, 0.3) is 0 Å². The van der Waals surface area contributed by atoms with Crippen LogP contribution in [0.5, 0.6) is 0 Å². The zero-order valence-electron chi connectivity index (χ0n) is 15.8. The predicted octanol–water partition coefficient (Wildman–Crippen LogP) is 2.92. The number of carbonyl (C=O) groups excluding carboxylic acids is 3. The quantitative estimate of drug-likeness (QED) is 0.630. The van der Waals surface area contributed by atoms with Crippen LogP contribution >= 0.6 is 11.3 Å². The topological polar surface area (TPSA) is 81.7 Å². The van der Waals surface area contributed by atoms with Crippen molar-refractivity contribution in [2.75, 3.05) is 13.7 Å². The van der Waals surface area contributed by atoms with Gasteiger partial charge in [0.2, 0.25) is 0 Å². The van der Waals surface area contributed by atoms with Crippen LogP contribution in [0.3, 0.4) is 0 Å². The van der Waals surface area contributed by atoms with E-state index in [9.17, 15) is 14.4 Å². The fourth-order valence-electron chi connectivity index (χ4n) is 3.90. The summed E-state index contributed by atoms with van der Waals surface area (Å²) in [6.07, 6.45) is 0.538. The molecule has 0 aromatic carbocycles. The highest BCUT2D eigenvalue weighted by Gasteiger charge is 2.47. The van der Waals surface area contributed by atoms with Crippen LogP contribution in [0.4, 0.5) is 0 Å². The van der Waals surface area contributed by atoms with Gasteiger partial charge in [-0.3, -0.25) is 9.59 Å². The van der Waals surface area contributed by atoms with Crippen molar-refractivity contribution in [3.8, 4) is 0 Å². The summed E-state index contributed by atoms with van der Waals surface area (Å²) in [5.41, 5.74) is 2.35. The summed E-state index contributed by atoms with van der Waals surface area (Å²) in [5.74, 6) is -2.85. The third-order valence-corrected chi connectivity index (χ3v) is 6.00. The van der Waals surface area contributed by atoms with Gasteiger partial charge < -0.3 is 14.8 Å². The van der Waals surface area contributed by atoms with E-state index >= 15 is 0 Å². The molecule has 6 nitrogen and oxygen atoms in total. The van der Waals surface area contributed by atoms with Crippen LogP contribution in [-0.4, -0.2) is 31.4 Å². The zero-order chi connectivity index (χ0) is 19.7. The van der Waals surface area contributed by atoms with Crippen molar-refractivity contribution in [1.82, 2.24) is 5.32 Å². The number of allylic oxidation sites excluding steroid dienone is 3. The van der Waals surface area contributed by atoms with Crippen molar-refractivity contribution in [3.63, 3.8) is 0 Å². The first-order valence-electron chi connectivity index (χ1n) is 8.94. The molecule has 0 amide bonds. The molecule has 0 fully saturated rings. The maximum absolute atomic E-state index is 13.3. The minimum atomic E-state index is -0.861. The highest BCUT2D eigenvalue weighted by Crippen LogP contribution is 2.46. The first kappa shape index (κ1) is 19.4. The van der Waals surface area contributed by atoms with Gasteiger partial charge in [0, 0.05) is 21.8 Å². The number of esters is 2. The van der Waals surface area contributed by atoms with Gasteiger partial charge in [0.15, 0.2) is 5.78 Å². The van der Waals surface area contributed by atoms with Gasteiger partial charge in [-0.15, -0.1) is 11.3 Å². The zero-order valence-corrected chi connectivity index (χ0v) is 16.6. The molecule has 3 rings (SSSR count). The minimum Gasteiger partial charge on any atom is -0.468 e. The SMILES string of the molecule is CCOC(=O)C1=C(C)NC2=C(C(=O)[C@H](C(=O)OC)[C@@H](C)C2)[C@@H]1c1cccs1. The van der Waals surface area contributed by atoms with E-state index in [1.807, 2.05) is 31.4 Å². The molecule has 2 heterocycles. The van der Waals surface area contributed by atoms with E-state index in [4.69, 9.17) is 9.47 Å². The summed E-state index contributed by atoms with van der Waals surface area (Å²) in [4.78, 5) is 39.2. The summed E-state index contributed by atoms with van der Waals surface area (Å²) < 4.78 is 10.1. The van der Waals surface area contributed by atoms with Crippen molar-refractivity contribution < 1.29 is 23.9 Å². The number of Topliss-reactive ketones (excluding diaryl/α,β-unsaturated/α-hetero) is 1. The molecule has 1 aromatic rings. The highest BCUT2D eigenvalue weighted by molar-refractivity contribution is 7.10. The number of rotatable bonds is 4. The second-order valence-corrected chi connectivity index (χ2v) is 7.75. The first-order chi connectivity index (χ1) is 12.9. The molecule has 0 spiro atoms. The standard InChI is InChI=1S/C20H23NO5S/c1-5-26-20(24)15-11(3)21-12-9-10(2)14(19(23)25-4)18(22)16(12)17(15)13-7-6-8-27-13/h6-8,10,14,17,21H,5,9H2,1-4H3/t10-,14+,17+/m0/s1. The number of nitrogens with one attached hydrogen (secondary N) is 1. The van der Waals surface area contributed by atoms with Gasteiger partial charge in [-0.2, -0.15) is 0 Å². The maximum Gasteiger partial charge on any atom is 0.336 e. The van der Waals surface area contributed by atoms with Crippen LogP contribution in [0.15, 0.2) is 40.1 Å². The van der Waals surface area contributed by atoms with Gasteiger partial charge in [0.05, 0.1) is 25.2 Å². The normalized spacial score (nSPS) is 25.0. The van der Waals surface area contributed by atoms with Gasteiger partial charge in [-0.05, 0) is 37.6 Å². The molecule has 2 aliphatic rings. The number of hydrogen-bond donors (Lipinski definition) is 1. The fraction of sp³-hybridized carbons (Fsp3) is 0.450. The van der Waals surface area contributed by atoms with E-state index in [1.54, 1.807) is 6.92 Å². The molecule has 0 saturated carbocycles. The van der Waals surface area contributed by atoms with E-state index < -0.39 is 23.8 Å². The summed E-state index contributed by atoms with van der Waals surface area (Å²) in [6, 6.07) is 3.78. The molecule has 27 heavy (non-hydrogen) atoms. The summed E-state index contributed by atoms with van der Waals surface area (Å²) in [7, 11) is 1.29. The lowest BCUT2D eigenvalue weighted by Crippen LogP contribution is -2.43. The molecular formula is C20H23NO5S. The highest BCUT2D eigenvalue weighted by atomic mass is 32.1. The molecule has 3 atom stereocenters. The monoisotopic (exact) mass is 389 g/mol. The van der Waals surface area contributed by atoms with E-state index in [-0.39, 0.29) is 18.3 Å². The average Bonchev–Trinajstić information content (AvgIpc) is 3.14. The summed E-state index contributed by atoms with van der Waals surface area (Å²) in [6.45, 7) is 5.67. The second-order valence-electron chi connectivity index (χ2n) is 6.77. The summed E-state index contributed by atoms with van der Waals surface area (Å²) in [5, 5.41) is 5.13. The molecule has 0 saturated heterocycles. The Bertz CT molecular complexity index is 837. The van der Waals surface area contributed by atoms with Crippen LogP contribution < -0.4 is 5.32 Å². The van der Waals surface area contributed by atoms with E-state index in [1.165, 1.54) is 18.4 Å². The van der Waals surface area contributed by atoms with E-state index in [0.717, 1.165) is 10.6 Å². The predicted molar refractivity (Wildman–Crippen MR) is 101 cm³/mol. The molecular weight excluding hydrogens is 366 g/mol. The molecule has 1 aromatic heterocycles. The van der Waals surface area contributed by atoms with Crippen molar-refractivity contribution in [1.29, 1.82) is 0 Å². The third-order valence-electron chi connectivity index (χ3n) is 5.07. The molecule has 1 N–H and O–H groups in total. The summed E-state index contributed by atoms with van der Waals surface area (Å²) >= 11 is 1.47. The average molecular weight is 389 g/mol. The minimum absolute atomic E-state index is 0.183. The van der Waals surface area contributed by atoms with Gasteiger partial charge >= 0.3 is 11.9 Å². The lowest BCUT2D eigenvalue weighted by Gasteiger charge is -2.37. The first-order valence-corrected chi connectivity index (χ1v) is 9.82.